The Morgan fingerprint density at radius 3 is 3.00 bits per heavy atom. The summed E-state index contributed by atoms with van der Waals surface area (Å²) in [5.74, 6) is -0.219. The van der Waals surface area contributed by atoms with Crippen LogP contribution >= 0.6 is 0 Å². The van der Waals surface area contributed by atoms with E-state index in [9.17, 15) is 9.59 Å². The van der Waals surface area contributed by atoms with Gasteiger partial charge in [0.25, 0.3) is 5.91 Å². The summed E-state index contributed by atoms with van der Waals surface area (Å²) < 4.78 is 0. The minimum atomic E-state index is -0.137. The number of H-pyrrole nitrogens is 1. The van der Waals surface area contributed by atoms with Crippen molar-refractivity contribution in [2.45, 2.75) is 26.2 Å². The van der Waals surface area contributed by atoms with Crippen molar-refractivity contribution in [2.24, 2.45) is 5.92 Å². The summed E-state index contributed by atoms with van der Waals surface area (Å²) in [5, 5.41) is 9.90. The molecule has 0 radical (unpaired) electrons. The molecular formula is C18H23N5O2. The molecule has 2 N–H and O–H groups in total. The van der Waals surface area contributed by atoms with E-state index < -0.39 is 0 Å². The fourth-order valence-electron chi connectivity index (χ4n) is 3.02. The predicted molar refractivity (Wildman–Crippen MR) is 93.7 cm³/mol. The fourth-order valence-corrected chi connectivity index (χ4v) is 3.02. The topological polar surface area (TPSA) is 91.0 Å². The maximum Gasteiger partial charge on any atom is 0.271 e. The number of aromatic amines is 1. The zero-order valence-corrected chi connectivity index (χ0v) is 14.4. The van der Waals surface area contributed by atoms with Crippen LogP contribution in [0.25, 0.3) is 11.4 Å². The normalized spacial score (nSPS) is 17.3. The van der Waals surface area contributed by atoms with Gasteiger partial charge in [0.05, 0.1) is 11.6 Å². The number of rotatable bonds is 5. The van der Waals surface area contributed by atoms with Gasteiger partial charge in [-0.1, -0.05) is 13.0 Å². The van der Waals surface area contributed by atoms with Crippen LogP contribution in [0.1, 0.15) is 36.7 Å². The first-order valence-corrected chi connectivity index (χ1v) is 8.73. The molecule has 7 nitrogen and oxygen atoms in total. The quantitative estimate of drug-likeness (QED) is 0.868. The maximum absolute atomic E-state index is 12.7. The lowest BCUT2D eigenvalue weighted by molar-refractivity contribution is -0.126. The Morgan fingerprint density at radius 2 is 2.24 bits per heavy atom. The van der Waals surface area contributed by atoms with Crippen LogP contribution in [0.3, 0.4) is 0 Å². The summed E-state index contributed by atoms with van der Waals surface area (Å²) in [6.45, 7) is 3.81. The minimum Gasteiger partial charge on any atom is -0.356 e. The summed E-state index contributed by atoms with van der Waals surface area (Å²) in [4.78, 5) is 30.9. The number of aromatic nitrogens is 3. The van der Waals surface area contributed by atoms with Gasteiger partial charge in [-0.05, 0) is 37.5 Å². The molecule has 0 aromatic carbocycles. The first-order chi connectivity index (χ1) is 12.2. The number of pyridine rings is 1. The second-order valence-electron chi connectivity index (χ2n) is 6.26. The van der Waals surface area contributed by atoms with Crippen molar-refractivity contribution in [1.29, 1.82) is 0 Å². The van der Waals surface area contributed by atoms with Crippen molar-refractivity contribution < 1.29 is 9.59 Å². The molecule has 25 heavy (non-hydrogen) atoms. The molecule has 1 aliphatic rings. The van der Waals surface area contributed by atoms with Gasteiger partial charge in [-0.3, -0.25) is 19.7 Å². The lowest BCUT2D eigenvalue weighted by atomic mass is 9.97. The Bertz CT molecular complexity index is 728. The Morgan fingerprint density at radius 1 is 1.36 bits per heavy atom. The third-order valence-corrected chi connectivity index (χ3v) is 4.36. The van der Waals surface area contributed by atoms with Crippen molar-refractivity contribution in [3.63, 3.8) is 0 Å². The lowest BCUT2D eigenvalue weighted by Gasteiger charge is -2.31. The van der Waals surface area contributed by atoms with Crippen LogP contribution in [0.15, 0.2) is 30.5 Å². The standard InChI is InChI=1S/C18H23N5O2/c1-2-8-20-17(24)13-6-5-10-23(12-13)18(25)16-11-15(21-22-16)14-7-3-4-9-19-14/h3-4,7,9,11,13H,2,5-6,8,10,12H2,1H3,(H,20,24)(H,21,22)/t13-/m0/s1. The highest BCUT2D eigenvalue weighted by molar-refractivity contribution is 5.93. The smallest absolute Gasteiger partial charge is 0.271 e. The molecule has 1 atom stereocenters. The van der Waals surface area contributed by atoms with Gasteiger partial charge >= 0.3 is 0 Å². The van der Waals surface area contributed by atoms with Crippen molar-refractivity contribution in [3.05, 3.63) is 36.2 Å². The molecule has 3 rings (SSSR count). The van der Waals surface area contributed by atoms with E-state index >= 15 is 0 Å². The number of likely N-dealkylation sites (tertiary alicyclic amines) is 1. The minimum absolute atomic E-state index is 0.0399. The summed E-state index contributed by atoms with van der Waals surface area (Å²) in [5.41, 5.74) is 1.78. The molecule has 1 saturated heterocycles. The first-order valence-electron chi connectivity index (χ1n) is 8.73. The lowest BCUT2D eigenvalue weighted by Crippen LogP contribution is -2.45. The van der Waals surface area contributed by atoms with E-state index in [2.05, 4.69) is 20.5 Å². The van der Waals surface area contributed by atoms with E-state index in [1.165, 1.54) is 0 Å². The number of nitrogens with one attached hydrogen (secondary N) is 2. The molecule has 2 amide bonds. The van der Waals surface area contributed by atoms with Gasteiger partial charge in [-0.15, -0.1) is 0 Å². The number of carbonyl (C=O) groups excluding carboxylic acids is 2. The Hall–Kier alpha value is -2.70. The highest BCUT2D eigenvalue weighted by atomic mass is 16.2. The van der Waals surface area contributed by atoms with E-state index in [1.54, 1.807) is 17.2 Å². The molecular weight excluding hydrogens is 318 g/mol. The number of hydrogen-bond donors (Lipinski definition) is 2. The molecule has 0 aliphatic carbocycles. The van der Waals surface area contributed by atoms with Crippen molar-refractivity contribution in [1.82, 2.24) is 25.4 Å². The number of carbonyl (C=O) groups is 2. The summed E-state index contributed by atoms with van der Waals surface area (Å²) in [6.07, 6.45) is 4.25. The average Bonchev–Trinajstić information content (AvgIpc) is 3.16. The summed E-state index contributed by atoms with van der Waals surface area (Å²) in [7, 11) is 0. The van der Waals surface area contributed by atoms with Gasteiger partial charge < -0.3 is 10.2 Å². The highest BCUT2D eigenvalue weighted by Gasteiger charge is 2.29. The third-order valence-electron chi connectivity index (χ3n) is 4.36. The SMILES string of the molecule is CCCNC(=O)[C@H]1CCCN(C(=O)c2cc(-c3ccccn3)n[nH]2)C1. The van der Waals surface area contributed by atoms with Gasteiger partial charge in [0, 0.05) is 25.8 Å². The molecule has 132 valence electrons. The zero-order valence-electron chi connectivity index (χ0n) is 14.4. The van der Waals surface area contributed by atoms with Crippen LogP contribution in [0.4, 0.5) is 0 Å². The van der Waals surface area contributed by atoms with Crippen molar-refractivity contribution >= 4 is 11.8 Å². The van der Waals surface area contributed by atoms with Crippen molar-refractivity contribution in [3.8, 4) is 11.4 Å². The van der Waals surface area contributed by atoms with Gasteiger partial charge in [-0.25, -0.2) is 0 Å². The molecule has 7 heteroatoms. The van der Waals surface area contributed by atoms with Crippen molar-refractivity contribution in [2.75, 3.05) is 19.6 Å². The van der Waals surface area contributed by atoms with Crippen LogP contribution in [-0.4, -0.2) is 51.5 Å². The number of hydrogen-bond acceptors (Lipinski definition) is 4. The molecule has 0 unspecified atom stereocenters. The van der Waals surface area contributed by atoms with Crippen LogP contribution in [0, 0.1) is 5.92 Å². The molecule has 1 aliphatic heterocycles. The highest BCUT2D eigenvalue weighted by Crippen LogP contribution is 2.20. The Balaban J connectivity index is 1.66. The van der Waals surface area contributed by atoms with Crippen LogP contribution in [0.2, 0.25) is 0 Å². The van der Waals surface area contributed by atoms with E-state index in [0.29, 0.717) is 36.7 Å². The van der Waals surface area contributed by atoms with Gasteiger partial charge in [0.2, 0.25) is 5.91 Å². The van der Waals surface area contributed by atoms with Crippen LogP contribution in [-0.2, 0) is 4.79 Å². The van der Waals surface area contributed by atoms with Crippen LogP contribution < -0.4 is 5.32 Å². The fraction of sp³-hybridized carbons (Fsp3) is 0.444. The Labute approximate surface area is 146 Å². The first kappa shape index (κ1) is 17.1. The van der Waals surface area contributed by atoms with Gasteiger partial charge in [-0.2, -0.15) is 5.10 Å². The second kappa shape index (κ2) is 7.92. The van der Waals surface area contributed by atoms with E-state index in [4.69, 9.17) is 0 Å². The summed E-state index contributed by atoms with van der Waals surface area (Å²) >= 11 is 0. The zero-order chi connectivity index (χ0) is 17.6. The van der Waals surface area contributed by atoms with E-state index in [1.807, 2.05) is 25.1 Å². The van der Waals surface area contributed by atoms with Gasteiger partial charge in [0.1, 0.15) is 11.4 Å². The summed E-state index contributed by atoms with van der Waals surface area (Å²) in [6, 6.07) is 7.27. The van der Waals surface area contributed by atoms with E-state index in [-0.39, 0.29) is 17.7 Å². The van der Waals surface area contributed by atoms with Crippen LogP contribution in [0.5, 0.6) is 0 Å². The van der Waals surface area contributed by atoms with Gasteiger partial charge in [0.15, 0.2) is 0 Å². The maximum atomic E-state index is 12.7. The molecule has 2 aromatic rings. The number of piperidine rings is 1. The number of amides is 2. The monoisotopic (exact) mass is 341 g/mol. The Kier molecular flexibility index (Phi) is 5.42. The molecule has 0 bridgehead atoms. The molecule has 3 heterocycles. The third kappa shape index (κ3) is 4.04. The predicted octanol–water partition coefficient (Wildman–Crippen LogP) is 1.85. The van der Waals surface area contributed by atoms with E-state index in [0.717, 1.165) is 19.3 Å². The largest absolute Gasteiger partial charge is 0.356 e. The molecule has 0 saturated carbocycles. The molecule has 0 spiro atoms. The second-order valence-corrected chi connectivity index (χ2v) is 6.26. The number of nitrogens with zero attached hydrogens (tertiary/aromatic N) is 3. The molecule has 1 fully saturated rings. The molecule has 2 aromatic heterocycles. The average molecular weight is 341 g/mol.